The maximum atomic E-state index is 7.80. The Kier molecular flexibility index (Phi) is 10.4. The molecule has 4 heteroatoms. The number of nitrogens with zero attached hydrogens (tertiary/aromatic N) is 2. The number of allylic oxidation sites excluding steroid dienone is 7. The highest BCUT2D eigenvalue weighted by atomic mass is 16.3. The van der Waals surface area contributed by atoms with Crippen LogP contribution in [-0.2, 0) is 16.2 Å². The van der Waals surface area contributed by atoms with Crippen molar-refractivity contribution in [2.75, 3.05) is 4.90 Å². The van der Waals surface area contributed by atoms with Crippen LogP contribution in [0.5, 0.6) is 0 Å². The molecule has 0 saturated heterocycles. The molecule has 76 heavy (non-hydrogen) atoms. The van der Waals surface area contributed by atoms with Crippen molar-refractivity contribution >= 4 is 34.7 Å². The zero-order valence-electron chi connectivity index (χ0n) is 50.5. The van der Waals surface area contributed by atoms with Crippen molar-refractivity contribution in [1.82, 2.24) is 4.90 Å². The molecule has 3 aromatic rings. The lowest BCUT2D eigenvalue weighted by atomic mass is 9.31. The molecule has 0 radical (unpaired) electrons. The van der Waals surface area contributed by atoms with Gasteiger partial charge in [0.15, 0.2) is 0 Å². The van der Waals surface area contributed by atoms with Gasteiger partial charge in [-0.15, -0.1) is 0 Å². The van der Waals surface area contributed by atoms with E-state index in [4.69, 9.17) is 4.42 Å². The molecule has 1 aromatic heterocycles. The summed E-state index contributed by atoms with van der Waals surface area (Å²) < 4.78 is 7.80. The maximum absolute atomic E-state index is 7.80. The lowest BCUT2D eigenvalue weighted by Crippen LogP contribution is -2.60. The first-order valence-electron chi connectivity index (χ1n) is 31.1. The van der Waals surface area contributed by atoms with E-state index in [1.54, 1.807) is 55.8 Å². The highest BCUT2D eigenvalue weighted by molar-refractivity contribution is 6.88. The molecule has 6 saturated carbocycles. The lowest BCUT2D eigenvalue weighted by Gasteiger charge is -2.60. The van der Waals surface area contributed by atoms with Gasteiger partial charge in [0.25, 0.3) is 6.71 Å². The normalized spacial score (nSPS) is 34.6. The Balaban J connectivity index is 1.10. The van der Waals surface area contributed by atoms with E-state index in [9.17, 15) is 0 Å². The van der Waals surface area contributed by atoms with Crippen LogP contribution >= 0.6 is 0 Å². The van der Waals surface area contributed by atoms with Crippen LogP contribution in [0.3, 0.4) is 0 Å². The molecule has 2 aliphatic heterocycles. The van der Waals surface area contributed by atoms with E-state index < -0.39 is 0 Å². The quantitative estimate of drug-likeness (QED) is 0.244. The van der Waals surface area contributed by atoms with E-state index in [1.165, 1.54) is 111 Å². The van der Waals surface area contributed by atoms with Crippen molar-refractivity contribution in [2.24, 2.45) is 56.7 Å². The molecule has 2 aromatic carbocycles. The number of rotatable bonds is 3. The zero-order valence-corrected chi connectivity index (χ0v) is 50.5. The van der Waals surface area contributed by atoms with Gasteiger partial charge in [-0.3, -0.25) is 0 Å². The van der Waals surface area contributed by atoms with Gasteiger partial charge in [-0.05, 0) is 238 Å². The Hall–Kier alpha value is -3.92. The lowest BCUT2D eigenvalue weighted by molar-refractivity contribution is -0.0326. The average molecular weight is 1020 g/mol. The molecule has 6 fully saturated rings. The molecular formula is C72H95BN2O. The van der Waals surface area contributed by atoms with Crippen molar-refractivity contribution in [3.05, 3.63) is 122 Å². The summed E-state index contributed by atoms with van der Waals surface area (Å²) in [4.78, 5) is 6.07. The summed E-state index contributed by atoms with van der Waals surface area (Å²) in [6, 6.07) is 13.1. The Labute approximate surface area is 460 Å². The standard InChI is InChI=1S/C72H95BN2O/c1-41-26-49-52(69(12,13)23-20-66(49,6)7)35-56(41)74-58-37-54-51(68(10,11)22-25-71(54,16)17)34-55(58)73-62-59(74)32-47(72-38-43-28-44(39-72)30-45(29-43)40-72)33-60(62)75(63-48-31-46(65(3,4)5)18-19-61(48)76-64(63)73)57-36-53-50(27-42(57)2)67(8,9)21-24-70(53,14)15/h18-19,26-27,31-32,34-36,41,43-45,54,56,60H,20-25,28-30,33,37-40H2,1-17H3. The van der Waals surface area contributed by atoms with E-state index in [0.29, 0.717) is 11.8 Å². The summed E-state index contributed by atoms with van der Waals surface area (Å²) in [5.41, 5.74) is 25.1. The fourth-order valence-electron chi connectivity index (χ4n) is 19.6. The van der Waals surface area contributed by atoms with Gasteiger partial charge in [0.1, 0.15) is 5.58 Å². The highest BCUT2D eigenvalue weighted by Gasteiger charge is 2.60. The fraction of sp³-hybridized carbons (Fsp3) is 0.639. The van der Waals surface area contributed by atoms with Crippen LogP contribution in [0.1, 0.15) is 223 Å². The molecule has 12 aliphatic rings. The smallest absolute Gasteiger partial charge is 0.292 e. The second kappa shape index (κ2) is 15.7. The van der Waals surface area contributed by atoms with Gasteiger partial charge >= 0.3 is 0 Å². The minimum Gasteiger partial charge on any atom is -0.468 e. The average Bonchev–Trinajstić information content (AvgIpc) is 3.76. The van der Waals surface area contributed by atoms with E-state index in [0.717, 1.165) is 36.2 Å². The summed E-state index contributed by atoms with van der Waals surface area (Å²) in [6.07, 6.45) is 29.6. The van der Waals surface area contributed by atoms with Crippen molar-refractivity contribution in [1.29, 1.82) is 0 Å². The third-order valence-corrected chi connectivity index (χ3v) is 24.3. The van der Waals surface area contributed by atoms with Crippen molar-refractivity contribution in [3.63, 3.8) is 0 Å². The Morgan fingerprint density at radius 1 is 0.645 bits per heavy atom. The third kappa shape index (κ3) is 7.10. The summed E-state index contributed by atoms with van der Waals surface area (Å²) >= 11 is 0. The van der Waals surface area contributed by atoms with Crippen LogP contribution in [0, 0.1) is 63.6 Å². The monoisotopic (exact) mass is 1010 g/mol. The van der Waals surface area contributed by atoms with E-state index in [2.05, 4.69) is 182 Å². The Morgan fingerprint density at radius 3 is 1.87 bits per heavy atom. The summed E-state index contributed by atoms with van der Waals surface area (Å²) in [5, 5.41) is 1.31. The third-order valence-electron chi connectivity index (χ3n) is 24.3. The molecule has 0 N–H and O–H groups in total. The molecule has 4 bridgehead atoms. The molecule has 4 unspecified atom stereocenters. The summed E-state index contributed by atoms with van der Waals surface area (Å²) in [6.45, 7) is 43.0. The van der Waals surface area contributed by atoms with Crippen LogP contribution in [0.25, 0.3) is 11.0 Å². The van der Waals surface area contributed by atoms with Crippen molar-refractivity contribution in [3.8, 4) is 0 Å². The number of furan rings is 1. The van der Waals surface area contributed by atoms with Crippen molar-refractivity contribution < 1.29 is 4.42 Å². The summed E-state index contributed by atoms with van der Waals surface area (Å²) in [5.74, 6) is 3.49. The molecular weight excluding hydrogens is 920 g/mol. The molecule has 4 atom stereocenters. The molecule has 0 amide bonds. The SMILES string of the molecule is Cc1cc2c(cc1N1c3c(oc4ccc(C(C)(C)C)cc34)B3C4=C(CC5C(=C4)C(C)(C)CCC5(C)C)N(C4C=C5C(=CC4C)C(C)(C)CCC5(C)C)C4=C3C1CC(C13CC5CC(CC(C5)C1)C3)=C4)C(C)(C)CCC2(C)C. The molecule has 3 nitrogen and oxygen atoms in total. The second-order valence-electron chi connectivity index (χ2n) is 33.2. The number of aryl methyl sites for hydroxylation is 1. The first kappa shape index (κ1) is 50.3. The van der Waals surface area contributed by atoms with Crippen LogP contribution < -0.4 is 10.6 Å². The number of benzene rings is 2. The maximum Gasteiger partial charge on any atom is 0.292 e. The predicted octanol–water partition coefficient (Wildman–Crippen LogP) is 18.6. The predicted molar refractivity (Wildman–Crippen MR) is 321 cm³/mol. The number of hydrogen-bond acceptors (Lipinski definition) is 3. The van der Waals surface area contributed by atoms with Crippen LogP contribution in [0.4, 0.5) is 11.4 Å². The number of anilines is 2. The first-order valence-corrected chi connectivity index (χ1v) is 31.1. The van der Waals surface area contributed by atoms with Crippen LogP contribution in [0.2, 0.25) is 0 Å². The number of hydrogen-bond donors (Lipinski definition) is 0. The van der Waals surface area contributed by atoms with Gasteiger partial charge in [-0.2, -0.15) is 0 Å². The van der Waals surface area contributed by atoms with Gasteiger partial charge in [-0.25, -0.2) is 0 Å². The minimum atomic E-state index is -0.00248. The van der Waals surface area contributed by atoms with Gasteiger partial charge < -0.3 is 14.2 Å². The molecule has 0 spiro atoms. The topological polar surface area (TPSA) is 19.6 Å². The first-order chi connectivity index (χ1) is 35.5. The Morgan fingerprint density at radius 2 is 1.24 bits per heavy atom. The van der Waals surface area contributed by atoms with Gasteiger partial charge in [0.05, 0.1) is 23.4 Å². The zero-order chi connectivity index (χ0) is 53.6. The van der Waals surface area contributed by atoms with E-state index in [-0.39, 0.29) is 62.1 Å². The molecule has 15 rings (SSSR count). The molecule has 402 valence electrons. The Bertz CT molecular complexity index is 3210. The molecule has 10 aliphatic carbocycles. The van der Waals surface area contributed by atoms with Gasteiger partial charge in [-0.1, -0.05) is 152 Å². The van der Waals surface area contributed by atoms with E-state index in [1.807, 2.05) is 0 Å². The van der Waals surface area contributed by atoms with Gasteiger partial charge in [0, 0.05) is 22.5 Å². The second-order valence-corrected chi connectivity index (χ2v) is 33.2. The van der Waals surface area contributed by atoms with Crippen molar-refractivity contribution in [2.45, 2.75) is 236 Å². The van der Waals surface area contributed by atoms with Crippen LogP contribution in [0.15, 0.2) is 104 Å². The highest BCUT2D eigenvalue weighted by Crippen LogP contribution is 2.67. The minimum absolute atomic E-state index is 0.00248. The van der Waals surface area contributed by atoms with Gasteiger partial charge in [0.2, 0.25) is 0 Å². The largest absolute Gasteiger partial charge is 0.468 e. The fourth-order valence-corrected chi connectivity index (χ4v) is 19.6. The number of fused-ring (bicyclic) bond motifs is 8. The summed E-state index contributed by atoms with van der Waals surface area (Å²) in [7, 11) is 0. The molecule has 3 heterocycles. The van der Waals surface area contributed by atoms with E-state index >= 15 is 0 Å². The van der Waals surface area contributed by atoms with Crippen LogP contribution in [-0.4, -0.2) is 23.7 Å².